The Bertz CT molecular complexity index is 1520. The SMILES string of the molecule is COc1ccc([C@H](Cc2c(Cl)cncc2Cl)OC(=O)c2cccc(CNc3cccc(O[Si](C)(C)C)c3)c2)cc1OC. The van der Waals surface area contributed by atoms with Crippen LogP contribution in [-0.2, 0) is 17.7 Å². The monoisotopic (exact) mass is 624 g/mol. The van der Waals surface area contributed by atoms with Crippen molar-refractivity contribution in [3.05, 3.63) is 111 Å². The van der Waals surface area contributed by atoms with Crippen LogP contribution in [0.4, 0.5) is 5.69 Å². The van der Waals surface area contributed by atoms with Gasteiger partial charge in [-0.25, -0.2) is 4.79 Å². The Morgan fingerprint density at radius 3 is 2.31 bits per heavy atom. The maximum Gasteiger partial charge on any atom is 0.338 e. The number of carbonyl (C=O) groups is 1. The van der Waals surface area contributed by atoms with E-state index in [-0.39, 0.29) is 6.42 Å². The molecule has 1 aromatic heterocycles. The quantitative estimate of drug-likeness (QED) is 0.125. The normalized spacial score (nSPS) is 11.9. The van der Waals surface area contributed by atoms with Crippen molar-refractivity contribution in [1.82, 2.24) is 4.98 Å². The van der Waals surface area contributed by atoms with Crippen LogP contribution in [0.3, 0.4) is 0 Å². The first-order valence-corrected chi connectivity index (χ1v) is 17.6. The van der Waals surface area contributed by atoms with Gasteiger partial charge in [-0.05, 0) is 72.7 Å². The predicted octanol–water partition coefficient (Wildman–Crippen LogP) is 8.37. The molecule has 220 valence electrons. The van der Waals surface area contributed by atoms with Crippen LogP contribution >= 0.6 is 23.2 Å². The molecule has 0 saturated carbocycles. The van der Waals surface area contributed by atoms with Gasteiger partial charge in [-0.15, -0.1) is 0 Å². The topological polar surface area (TPSA) is 78.9 Å². The van der Waals surface area contributed by atoms with Crippen molar-refractivity contribution in [2.24, 2.45) is 0 Å². The van der Waals surface area contributed by atoms with Gasteiger partial charge in [-0.2, -0.15) is 0 Å². The molecule has 0 radical (unpaired) electrons. The van der Waals surface area contributed by atoms with E-state index in [1.165, 1.54) is 12.4 Å². The molecule has 0 fully saturated rings. The first kappa shape index (κ1) is 31.2. The summed E-state index contributed by atoms with van der Waals surface area (Å²) < 4.78 is 23.1. The van der Waals surface area contributed by atoms with Gasteiger partial charge in [0.1, 0.15) is 11.9 Å². The van der Waals surface area contributed by atoms with Gasteiger partial charge < -0.3 is 24.0 Å². The number of methoxy groups -OCH3 is 2. The first-order valence-electron chi connectivity index (χ1n) is 13.4. The molecule has 0 saturated heterocycles. The number of hydrogen-bond acceptors (Lipinski definition) is 7. The molecule has 10 heteroatoms. The number of nitrogens with zero attached hydrogens (tertiary/aromatic N) is 1. The Kier molecular flexibility index (Phi) is 10.4. The average molecular weight is 626 g/mol. The van der Waals surface area contributed by atoms with Crippen LogP contribution in [0.25, 0.3) is 0 Å². The van der Waals surface area contributed by atoms with Crippen molar-refractivity contribution < 1.29 is 23.4 Å². The molecule has 0 amide bonds. The molecule has 0 aliphatic heterocycles. The van der Waals surface area contributed by atoms with Gasteiger partial charge in [0.15, 0.2) is 11.5 Å². The molecule has 0 aliphatic carbocycles. The highest BCUT2D eigenvalue weighted by atomic mass is 35.5. The lowest BCUT2D eigenvalue weighted by molar-refractivity contribution is 0.0297. The summed E-state index contributed by atoms with van der Waals surface area (Å²) in [5.41, 5.74) is 3.59. The largest absolute Gasteiger partial charge is 0.544 e. The standard InChI is InChI=1S/C32H34Cl2N2O5Si/c1-38-29-13-12-22(15-31(29)39-2)30(17-26-27(33)19-35-20-28(26)34)40-32(37)23-9-6-8-21(14-23)18-36-24-10-7-11-25(16-24)41-42(3,4)5/h6-16,19-20,30,36H,17-18H2,1-5H3/t30-/m0/s1. The Hall–Kier alpha value is -3.72. The third-order valence-corrected chi connectivity index (χ3v) is 7.79. The number of ether oxygens (including phenoxy) is 3. The minimum absolute atomic E-state index is 0.235. The summed E-state index contributed by atoms with van der Waals surface area (Å²) in [4.78, 5) is 17.5. The molecule has 0 bridgehead atoms. The van der Waals surface area contributed by atoms with E-state index in [2.05, 4.69) is 29.9 Å². The summed E-state index contributed by atoms with van der Waals surface area (Å²) >= 11 is 12.8. The van der Waals surface area contributed by atoms with Crippen LogP contribution in [0, 0.1) is 0 Å². The maximum atomic E-state index is 13.5. The minimum atomic E-state index is -1.72. The second-order valence-electron chi connectivity index (χ2n) is 10.6. The number of halogens is 2. The van der Waals surface area contributed by atoms with Gasteiger partial charge >= 0.3 is 5.97 Å². The molecule has 3 aromatic carbocycles. The zero-order valence-corrected chi connectivity index (χ0v) is 26.8. The van der Waals surface area contributed by atoms with Crippen molar-refractivity contribution in [3.8, 4) is 17.2 Å². The maximum absolute atomic E-state index is 13.5. The van der Waals surface area contributed by atoms with Crippen LogP contribution < -0.4 is 19.2 Å². The third-order valence-electron chi connectivity index (χ3n) is 6.29. The zero-order valence-electron chi connectivity index (χ0n) is 24.2. The van der Waals surface area contributed by atoms with E-state index in [4.69, 9.17) is 41.8 Å². The van der Waals surface area contributed by atoms with Gasteiger partial charge in [0.25, 0.3) is 0 Å². The van der Waals surface area contributed by atoms with Crippen molar-refractivity contribution in [3.63, 3.8) is 0 Å². The Balaban J connectivity index is 1.54. The number of nitrogens with one attached hydrogen (secondary N) is 1. The fraction of sp³-hybridized carbons (Fsp3) is 0.250. The molecule has 42 heavy (non-hydrogen) atoms. The molecule has 0 aliphatic rings. The number of carbonyl (C=O) groups excluding carboxylic acids is 1. The highest BCUT2D eigenvalue weighted by Crippen LogP contribution is 2.35. The molecular formula is C32H34Cl2N2O5Si. The van der Waals surface area contributed by atoms with Crippen LogP contribution in [0.2, 0.25) is 29.7 Å². The number of pyridine rings is 1. The summed E-state index contributed by atoms with van der Waals surface area (Å²) in [6, 6.07) is 20.6. The zero-order chi connectivity index (χ0) is 30.3. The van der Waals surface area contributed by atoms with E-state index in [1.54, 1.807) is 32.4 Å². The van der Waals surface area contributed by atoms with Crippen LogP contribution in [0.5, 0.6) is 17.2 Å². The van der Waals surface area contributed by atoms with Crippen LogP contribution in [0.1, 0.15) is 33.2 Å². The van der Waals surface area contributed by atoms with E-state index < -0.39 is 20.4 Å². The third kappa shape index (κ3) is 8.41. The number of esters is 1. The van der Waals surface area contributed by atoms with Crippen molar-refractivity contribution in [2.45, 2.75) is 38.7 Å². The molecule has 1 N–H and O–H groups in total. The van der Waals surface area contributed by atoms with Gasteiger partial charge in [-0.1, -0.05) is 47.5 Å². The fourth-order valence-electron chi connectivity index (χ4n) is 4.33. The molecule has 7 nitrogen and oxygen atoms in total. The highest BCUT2D eigenvalue weighted by molar-refractivity contribution is 6.70. The Morgan fingerprint density at radius 1 is 0.905 bits per heavy atom. The summed E-state index contributed by atoms with van der Waals surface area (Å²) in [6.45, 7) is 6.95. The van der Waals surface area contributed by atoms with Crippen LogP contribution in [0.15, 0.2) is 79.1 Å². The second kappa shape index (κ2) is 14.0. The fourth-order valence-corrected chi connectivity index (χ4v) is 5.68. The number of hydrogen-bond donors (Lipinski definition) is 1. The lowest BCUT2D eigenvalue weighted by Gasteiger charge is -2.21. The first-order chi connectivity index (χ1) is 20.1. The lowest BCUT2D eigenvalue weighted by atomic mass is 10.0. The summed E-state index contributed by atoms with van der Waals surface area (Å²) in [5.74, 6) is 1.43. The predicted molar refractivity (Wildman–Crippen MR) is 170 cm³/mol. The van der Waals surface area contributed by atoms with Gasteiger partial charge in [0.2, 0.25) is 8.32 Å². The summed E-state index contributed by atoms with van der Waals surface area (Å²) in [7, 11) is 1.39. The molecule has 0 spiro atoms. The number of rotatable bonds is 12. The second-order valence-corrected chi connectivity index (χ2v) is 15.8. The molecule has 0 unspecified atom stereocenters. The summed E-state index contributed by atoms with van der Waals surface area (Å²) in [6.07, 6.45) is 2.54. The molecule has 4 aromatic rings. The van der Waals surface area contributed by atoms with E-state index in [1.807, 2.05) is 48.5 Å². The number of benzene rings is 3. The molecule has 1 heterocycles. The lowest BCUT2D eigenvalue weighted by Crippen LogP contribution is -2.29. The molecular weight excluding hydrogens is 591 g/mol. The van der Waals surface area contributed by atoms with E-state index >= 15 is 0 Å². The van der Waals surface area contributed by atoms with Crippen molar-refractivity contribution in [2.75, 3.05) is 19.5 Å². The smallest absolute Gasteiger partial charge is 0.338 e. The average Bonchev–Trinajstić information content (AvgIpc) is 2.96. The number of aromatic nitrogens is 1. The molecule has 4 rings (SSSR count). The highest BCUT2D eigenvalue weighted by Gasteiger charge is 2.23. The Morgan fingerprint density at radius 2 is 1.62 bits per heavy atom. The van der Waals surface area contributed by atoms with Crippen LogP contribution in [-0.4, -0.2) is 33.5 Å². The summed E-state index contributed by atoms with van der Waals surface area (Å²) in [5, 5.41) is 4.18. The number of anilines is 1. The Labute approximate surface area is 257 Å². The molecule has 1 atom stereocenters. The van der Waals surface area contributed by atoms with Crippen molar-refractivity contribution >= 4 is 43.2 Å². The van der Waals surface area contributed by atoms with E-state index in [0.29, 0.717) is 44.8 Å². The van der Waals surface area contributed by atoms with E-state index in [0.717, 1.165) is 17.0 Å². The van der Waals surface area contributed by atoms with Crippen molar-refractivity contribution in [1.29, 1.82) is 0 Å². The minimum Gasteiger partial charge on any atom is -0.544 e. The van der Waals surface area contributed by atoms with Gasteiger partial charge in [0.05, 0.1) is 29.8 Å². The van der Waals surface area contributed by atoms with Gasteiger partial charge in [-0.3, -0.25) is 4.98 Å². The van der Waals surface area contributed by atoms with E-state index in [9.17, 15) is 4.79 Å². The van der Waals surface area contributed by atoms with Gasteiger partial charge in [0, 0.05) is 37.1 Å².